The Morgan fingerprint density at radius 1 is 1.22 bits per heavy atom. The van der Waals surface area contributed by atoms with Crippen molar-refractivity contribution in [1.29, 1.82) is 0 Å². The standard InChI is InChI=1S/C15H27N3/c1-11(2)13-5-4-6-14(8-7-13)18-12(3)15-16-9-10-17-15/h9-14,18H,4-8H2,1-3H3,(H,16,17). The van der Waals surface area contributed by atoms with E-state index in [1.165, 1.54) is 32.1 Å². The summed E-state index contributed by atoms with van der Waals surface area (Å²) in [5, 5.41) is 3.73. The first-order chi connectivity index (χ1) is 8.66. The second-order valence-electron chi connectivity index (χ2n) is 6.07. The van der Waals surface area contributed by atoms with Gasteiger partial charge in [0.25, 0.3) is 0 Å². The van der Waals surface area contributed by atoms with Gasteiger partial charge in [0.2, 0.25) is 0 Å². The Morgan fingerprint density at radius 2 is 2.06 bits per heavy atom. The maximum absolute atomic E-state index is 4.33. The highest BCUT2D eigenvalue weighted by Gasteiger charge is 2.22. The highest BCUT2D eigenvalue weighted by molar-refractivity contribution is 4.94. The van der Waals surface area contributed by atoms with Crippen LogP contribution in [0.25, 0.3) is 0 Å². The third-order valence-corrected chi connectivity index (χ3v) is 4.37. The van der Waals surface area contributed by atoms with Gasteiger partial charge < -0.3 is 10.3 Å². The van der Waals surface area contributed by atoms with Gasteiger partial charge in [-0.1, -0.05) is 26.7 Å². The normalized spacial score (nSPS) is 27.1. The maximum atomic E-state index is 4.33. The van der Waals surface area contributed by atoms with Crippen LogP contribution in [0.5, 0.6) is 0 Å². The van der Waals surface area contributed by atoms with E-state index in [1.807, 2.05) is 12.4 Å². The zero-order chi connectivity index (χ0) is 13.0. The van der Waals surface area contributed by atoms with E-state index in [2.05, 4.69) is 36.1 Å². The molecule has 0 radical (unpaired) electrons. The summed E-state index contributed by atoms with van der Waals surface area (Å²) in [4.78, 5) is 7.53. The van der Waals surface area contributed by atoms with Crippen molar-refractivity contribution in [1.82, 2.24) is 15.3 Å². The van der Waals surface area contributed by atoms with Gasteiger partial charge in [0, 0.05) is 18.4 Å². The molecule has 18 heavy (non-hydrogen) atoms. The number of hydrogen-bond acceptors (Lipinski definition) is 2. The summed E-state index contributed by atoms with van der Waals surface area (Å²) in [7, 11) is 0. The van der Waals surface area contributed by atoms with Gasteiger partial charge in [0.15, 0.2) is 0 Å². The average Bonchev–Trinajstić information content (AvgIpc) is 2.77. The molecular weight excluding hydrogens is 222 g/mol. The van der Waals surface area contributed by atoms with Crippen molar-refractivity contribution in [2.75, 3.05) is 0 Å². The fraction of sp³-hybridized carbons (Fsp3) is 0.800. The fourth-order valence-electron chi connectivity index (χ4n) is 3.11. The molecule has 0 saturated heterocycles. The van der Waals surface area contributed by atoms with Gasteiger partial charge in [-0.15, -0.1) is 0 Å². The Balaban J connectivity index is 1.83. The van der Waals surface area contributed by atoms with Gasteiger partial charge in [0.1, 0.15) is 5.82 Å². The number of imidazole rings is 1. The van der Waals surface area contributed by atoms with Gasteiger partial charge in [-0.05, 0) is 38.0 Å². The van der Waals surface area contributed by atoms with Crippen molar-refractivity contribution >= 4 is 0 Å². The van der Waals surface area contributed by atoms with Gasteiger partial charge >= 0.3 is 0 Å². The smallest absolute Gasteiger partial charge is 0.122 e. The third kappa shape index (κ3) is 3.58. The van der Waals surface area contributed by atoms with E-state index in [0.717, 1.165) is 17.7 Å². The molecule has 0 spiro atoms. The molecule has 1 saturated carbocycles. The predicted molar refractivity (Wildman–Crippen MR) is 75.3 cm³/mol. The SMILES string of the molecule is CC(NC1CCCC(C(C)C)CC1)c1ncc[nH]1. The molecule has 0 aromatic carbocycles. The van der Waals surface area contributed by atoms with Crippen LogP contribution in [0.3, 0.4) is 0 Å². The van der Waals surface area contributed by atoms with E-state index in [4.69, 9.17) is 0 Å². The summed E-state index contributed by atoms with van der Waals surface area (Å²) in [6, 6.07) is 0.995. The Hall–Kier alpha value is -0.830. The molecule has 102 valence electrons. The minimum absolute atomic E-state index is 0.334. The first kappa shape index (κ1) is 13.6. The number of aromatic amines is 1. The van der Waals surface area contributed by atoms with Crippen molar-refractivity contribution in [2.45, 2.75) is 65.0 Å². The molecule has 3 nitrogen and oxygen atoms in total. The van der Waals surface area contributed by atoms with Crippen LogP contribution in [-0.2, 0) is 0 Å². The van der Waals surface area contributed by atoms with Crippen LogP contribution in [-0.4, -0.2) is 16.0 Å². The molecule has 1 aromatic heterocycles. The summed E-state index contributed by atoms with van der Waals surface area (Å²) in [6.45, 7) is 6.93. The molecule has 3 unspecified atom stereocenters. The Morgan fingerprint density at radius 3 is 2.72 bits per heavy atom. The molecular formula is C15H27N3. The van der Waals surface area contributed by atoms with Crippen molar-refractivity contribution < 1.29 is 0 Å². The summed E-state index contributed by atoms with van der Waals surface area (Å²) in [5.74, 6) is 2.82. The van der Waals surface area contributed by atoms with E-state index in [0.29, 0.717) is 12.1 Å². The molecule has 1 heterocycles. The first-order valence-electron chi connectivity index (χ1n) is 7.42. The minimum atomic E-state index is 0.334. The van der Waals surface area contributed by atoms with Gasteiger partial charge in [-0.25, -0.2) is 4.98 Å². The zero-order valence-corrected chi connectivity index (χ0v) is 11.9. The Kier molecular flexibility index (Phi) is 4.81. The highest BCUT2D eigenvalue weighted by atomic mass is 15.0. The molecule has 2 N–H and O–H groups in total. The molecule has 1 fully saturated rings. The van der Waals surface area contributed by atoms with Gasteiger partial charge in [0.05, 0.1) is 6.04 Å². The van der Waals surface area contributed by atoms with Crippen LogP contribution in [0, 0.1) is 11.8 Å². The second-order valence-corrected chi connectivity index (χ2v) is 6.07. The molecule has 3 atom stereocenters. The lowest BCUT2D eigenvalue weighted by Gasteiger charge is -2.21. The van der Waals surface area contributed by atoms with Crippen LogP contribution in [0.2, 0.25) is 0 Å². The van der Waals surface area contributed by atoms with E-state index < -0.39 is 0 Å². The number of rotatable bonds is 4. The van der Waals surface area contributed by atoms with E-state index in [9.17, 15) is 0 Å². The lowest BCUT2D eigenvalue weighted by molar-refractivity contribution is 0.334. The minimum Gasteiger partial charge on any atom is -0.347 e. The second kappa shape index (κ2) is 6.37. The molecule has 0 bridgehead atoms. The number of nitrogens with zero attached hydrogens (tertiary/aromatic N) is 1. The average molecular weight is 249 g/mol. The number of nitrogens with one attached hydrogen (secondary N) is 2. The molecule has 0 aliphatic heterocycles. The quantitative estimate of drug-likeness (QED) is 0.799. The fourth-order valence-corrected chi connectivity index (χ4v) is 3.11. The van der Waals surface area contributed by atoms with Crippen LogP contribution >= 0.6 is 0 Å². The lowest BCUT2D eigenvalue weighted by atomic mass is 9.89. The van der Waals surface area contributed by atoms with Crippen molar-refractivity contribution in [3.8, 4) is 0 Å². The molecule has 1 aliphatic carbocycles. The van der Waals surface area contributed by atoms with Gasteiger partial charge in [-0.2, -0.15) is 0 Å². The summed E-state index contributed by atoms with van der Waals surface area (Å²) in [6.07, 6.45) is 10.5. The largest absolute Gasteiger partial charge is 0.347 e. The molecule has 1 aromatic rings. The Bertz CT molecular complexity index is 332. The van der Waals surface area contributed by atoms with E-state index in [1.54, 1.807) is 0 Å². The maximum Gasteiger partial charge on any atom is 0.122 e. The topological polar surface area (TPSA) is 40.7 Å². The van der Waals surface area contributed by atoms with Crippen molar-refractivity contribution in [3.63, 3.8) is 0 Å². The van der Waals surface area contributed by atoms with Crippen LogP contribution in [0.1, 0.15) is 64.7 Å². The molecule has 2 rings (SSSR count). The summed E-state index contributed by atoms with van der Waals surface area (Å²) in [5.41, 5.74) is 0. The van der Waals surface area contributed by atoms with Gasteiger partial charge in [-0.3, -0.25) is 0 Å². The molecule has 0 amide bonds. The molecule has 1 aliphatic rings. The molecule has 3 heteroatoms. The zero-order valence-electron chi connectivity index (χ0n) is 11.9. The highest BCUT2D eigenvalue weighted by Crippen LogP contribution is 2.29. The van der Waals surface area contributed by atoms with Crippen LogP contribution < -0.4 is 5.32 Å². The van der Waals surface area contributed by atoms with Crippen molar-refractivity contribution in [2.24, 2.45) is 11.8 Å². The summed E-state index contributed by atoms with van der Waals surface area (Å²) < 4.78 is 0. The number of H-pyrrole nitrogens is 1. The third-order valence-electron chi connectivity index (χ3n) is 4.37. The number of hydrogen-bond donors (Lipinski definition) is 2. The Labute approximate surface area is 111 Å². The van der Waals surface area contributed by atoms with Crippen LogP contribution in [0.4, 0.5) is 0 Å². The monoisotopic (exact) mass is 249 g/mol. The summed E-state index contributed by atoms with van der Waals surface area (Å²) >= 11 is 0. The lowest BCUT2D eigenvalue weighted by Crippen LogP contribution is -2.31. The van der Waals surface area contributed by atoms with E-state index in [-0.39, 0.29) is 0 Å². The van der Waals surface area contributed by atoms with Crippen LogP contribution in [0.15, 0.2) is 12.4 Å². The van der Waals surface area contributed by atoms with E-state index >= 15 is 0 Å². The predicted octanol–water partition coefficient (Wildman–Crippen LogP) is 3.67. The number of aromatic nitrogens is 2. The first-order valence-corrected chi connectivity index (χ1v) is 7.42. The van der Waals surface area contributed by atoms with Crippen molar-refractivity contribution in [3.05, 3.63) is 18.2 Å².